The van der Waals surface area contributed by atoms with Gasteiger partial charge in [0.25, 0.3) is 0 Å². The largest absolute Gasteiger partial charge is 0.375 e. The average molecular weight is 384 g/mol. The van der Waals surface area contributed by atoms with Crippen molar-refractivity contribution in [1.82, 2.24) is 14.9 Å². The highest BCUT2D eigenvalue weighted by Gasteiger charge is 2.15. The van der Waals surface area contributed by atoms with Crippen LogP contribution in [0.3, 0.4) is 0 Å². The number of aromatic nitrogens is 2. The summed E-state index contributed by atoms with van der Waals surface area (Å²) in [5.74, 6) is -0.421. The van der Waals surface area contributed by atoms with Crippen molar-refractivity contribution in [2.45, 2.75) is 13.0 Å². The molecule has 8 heteroatoms. The van der Waals surface area contributed by atoms with E-state index >= 15 is 0 Å². The molecule has 0 aliphatic heterocycles. The number of rotatable bonds is 8. The number of methoxy groups -OCH3 is 1. The van der Waals surface area contributed by atoms with Crippen LogP contribution in [0.2, 0.25) is 0 Å². The number of hydrogen-bond acceptors (Lipinski definition) is 4. The first-order valence-corrected chi connectivity index (χ1v) is 8.82. The van der Waals surface area contributed by atoms with Gasteiger partial charge in [-0.25, -0.2) is 9.37 Å². The summed E-state index contributed by atoms with van der Waals surface area (Å²) in [6, 6.07) is 13.5. The minimum atomic E-state index is -0.493. The molecule has 3 aromatic rings. The Labute approximate surface area is 161 Å². The number of para-hydroxylation sites is 3. The van der Waals surface area contributed by atoms with Gasteiger partial charge < -0.3 is 19.9 Å². The monoisotopic (exact) mass is 384 g/mol. The summed E-state index contributed by atoms with van der Waals surface area (Å²) in [7, 11) is 1.45. The summed E-state index contributed by atoms with van der Waals surface area (Å²) in [6.07, 6.45) is 0.442. The Balaban J connectivity index is 1.76. The first-order valence-electron chi connectivity index (χ1n) is 8.82. The molecule has 0 saturated carbocycles. The third-order valence-electron chi connectivity index (χ3n) is 4.13. The van der Waals surface area contributed by atoms with Gasteiger partial charge in [-0.05, 0) is 24.3 Å². The zero-order valence-corrected chi connectivity index (χ0v) is 15.4. The molecule has 2 amide bonds. The van der Waals surface area contributed by atoms with Crippen molar-refractivity contribution in [3.8, 4) is 0 Å². The molecule has 2 aromatic carbocycles. The maximum atomic E-state index is 13.8. The van der Waals surface area contributed by atoms with E-state index in [-0.39, 0.29) is 30.7 Å². The van der Waals surface area contributed by atoms with Crippen LogP contribution in [0.15, 0.2) is 48.5 Å². The number of benzene rings is 2. The molecule has 3 rings (SSSR count). The van der Waals surface area contributed by atoms with E-state index in [4.69, 9.17) is 4.74 Å². The molecule has 1 aromatic heterocycles. The smallest absolute Gasteiger partial charge is 0.245 e. The summed E-state index contributed by atoms with van der Waals surface area (Å²) in [5.41, 5.74) is 1.68. The lowest BCUT2D eigenvalue weighted by Crippen LogP contribution is -2.30. The lowest BCUT2D eigenvalue weighted by molar-refractivity contribution is -0.124. The lowest BCUT2D eigenvalue weighted by atomic mass is 10.3. The molecule has 28 heavy (non-hydrogen) atoms. The van der Waals surface area contributed by atoms with Gasteiger partial charge in [0.15, 0.2) is 0 Å². The molecule has 0 radical (unpaired) electrons. The van der Waals surface area contributed by atoms with E-state index in [1.54, 1.807) is 16.7 Å². The Morgan fingerprint density at radius 2 is 1.86 bits per heavy atom. The Hall–Kier alpha value is -3.26. The van der Waals surface area contributed by atoms with E-state index < -0.39 is 5.82 Å². The van der Waals surface area contributed by atoms with Crippen molar-refractivity contribution in [3.63, 3.8) is 0 Å². The predicted octanol–water partition coefficient (Wildman–Crippen LogP) is 2.12. The van der Waals surface area contributed by atoms with Gasteiger partial charge in [0.1, 0.15) is 24.8 Å². The van der Waals surface area contributed by atoms with Crippen molar-refractivity contribution in [3.05, 3.63) is 60.2 Å². The van der Waals surface area contributed by atoms with Crippen molar-refractivity contribution in [2.75, 3.05) is 25.6 Å². The van der Waals surface area contributed by atoms with Gasteiger partial charge in [0, 0.05) is 20.1 Å². The molecule has 0 unspecified atom stereocenters. The van der Waals surface area contributed by atoms with Crippen LogP contribution in [0.5, 0.6) is 0 Å². The molecule has 1 heterocycles. The van der Waals surface area contributed by atoms with Crippen LogP contribution in [0.1, 0.15) is 5.82 Å². The van der Waals surface area contributed by atoms with Crippen molar-refractivity contribution >= 4 is 28.5 Å². The average Bonchev–Trinajstić information content (AvgIpc) is 3.01. The number of carbonyl (C=O) groups excluding carboxylic acids is 2. The molecule has 0 bridgehead atoms. The quantitative estimate of drug-likeness (QED) is 0.623. The van der Waals surface area contributed by atoms with Crippen LogP contribution in [0.4, 0.5) is 10.1 Å². The topological polar surface area (TPSA) is 85.2 Å². The summed E-state index contributed by atoms with van der Waals surface area (Å²) < 4.78 is 20.3. The first kappa shape index (κ1) is 19.5. The van der Waals surface area contributed by atoms with Crippen LogP contribution >= 0.6 is 0 Å². The summed E-state index contributed by atoms with van der Waals surface area (Å²) in [5, 5.41) is 5.32. The van der Waals surface area contributed by atoms with Crippen LogP contribution < -0.4 is 10.6 Å². The zero-order chi connectivity index (χ0) is 19.9. The van der Waals surface area contributed by atoms with Gasteiger partial charge in [-0.3, -0.25) is 9.59 Å². The number of anilines is 1. The molecule has 0 saturated heterocycles. The minimum absolute atomic E-state index is 0.0124. The second-order valence-corrected chi connectivity index (χ2v) is 6.16. The fraction of sp³-hybridized carbons (Fsp3) is 0.250. The first-order chi connectivity index (χ1) is 13.6. The molecule has 0 spiro atoms. The summed E-state index contributed by atoms with van der Waals surface area (Å²) >= 11 is 0. The van der Waals surface area contributed by atoms with Crippen LogP contribution in [-0.4, -0.2) is 41.6 Å². The highest BCUT2D eigenvalue weighted by Crippen LogP contribution is 2.17. The maximum absolute atomic E-state index is 13.8. The van der Waals surface area contributed by atoms with Gasteiger partial charge in [0.2, 0.25) is 11.8 Å². The third-order valence-corrected chi connectivity index (χ3v) is 4.13. The number of nitrogens with one attached hydrogen (secondary N) is 2. The van der Waals surface area contributed by atoms with Crippen molar-refractivity contribution in [2.24, 2.45) is 0 Å². The number of nitrogens with zero attached hydrogens (tertiary/aromatic N) is 2. The van der Waals surface area contributed by atoms with Crippen LogP contribution in [0.25, 0.3) is 11.0 Å². The Kier molecular flexibility index (Phi) is 6.33. The lowest BCUT2D eigenvalue weighted by Gasteiger charge is -2.11. The predicted molar refractivity (Wildman–Crippen MR) is 103 cm³/mol. The molecule has 146 valence electrons. The highest BCUT2D eigenvalue weighted by molar-refractivity contribution is 5.91. The fourth-order valence-electron chi connectivity index (χ4n) is 2.88. The van der Waals surface area contributed by atoms with Crippen LogP contribution in [-0.2, 0) is 27.3 Å². The van der Waals surface area contributed by atoms with Gasteiger partial charge in [-0.2, -0.15) is 0 Å². The fourth-order valence-corrected chi connectivity index (χ4v) is 2.88. The Bertz CT molecular complexity index is 986. The molecule has 0 aliphatic carbocycles. The van der Waals surface area contributed by atoms with Gasteiger partial charge in [-0.1, -0.05) is 24.3 Å². The van der Waals surface area contributed by atoms with E-state index in [0.717, 1.165) is 11.0 Å². The second-order valence-electron chi connectivity index (χ2n) is 6.16. The van der Waals surface area contributed by atoms with E-state index in [1.165, 1.54) is 19.2 Å². The second kappa shape index (κ2) is 9.09. The molecule has 0 fully saturated rings. The van der Waals surface area contributed by atoms with Crippen LogP contribution in [0, 0.1) is 5.82 Å². The van der Waals surface area contributed by atoms with Gasteiger partial charge in [0.05, 0.1) is 16.7 Å². The van der Waals surface area contributed by atoms with E-state index in [0.29, 0.717) is 18.8 Å². The SMILES string of the molecule is COCC(=O)NCCc1nc2ccccc2n1CC(=O)Nc1ccccc1F. The summed E-state index contributed by atoms with van der Waals surface area (Å²) in [6.45, 7) is 0.331. The Morgan fingerprint density at radius 1 is 1.11 bits per heavy atom. The molecular weight excluding hydrogens is 363 g/mol. The molecule has 7 nitrogen and oxygen atoms in total. The zero-order valence-electron chi connectivity index (χ0n) is 15.4. The number of amides is 2. The standard InChI is InChI=1S/C20H21FN4O3/c1-28-13-20(27)22-11-10-18-23-16-8-4-5-9-17(16)25(18)12-19(26)24-15-7-3-2-6-14(15)21/h2-9H,10-13H2,1H3,(H,22,27)(H,24,26). The van der Waals surface area contributed by atoms with E-state index in [9.17, 15) is 14.0 Å². The summed E-state index contributed by atoms with van der Waals surface area (Å²) in [4.78, 5) is 28.6. The number of ether oxygens (including phenoxy) is 1. The third kappa shape index (κ3) is 4.72. The van der Waals surface area contributed by atoms with E-state index in [1.807, 2.05) is 24.3 Å². The molecule has 0 aliphatic rings. The molecular formula is C20H21FN4O3. The van der Waals surface area contributed by atoms with Gasteiger partial charge >= 0.3 is 0 Å². The Morgan fingerprint density at radius 3 is 2.64 bits per heavy atom. The molecule has 0 atom stereocenters. The minimum Gasteiger partial charge on any atom is -0.375 e. The molecule has 2 N–H and O–H groups in total. The number of hydrogen-bond donors (Lipinski definition) is 2. The number of imidazole rings is 1. The van der Waals surface area contributed by atoms with Crippen molar-refractivity contribution < 1.29 is 18.7 Å². The van der Waals surface area contributed by atoms with Gasteiger partial charge in [-0.15, -0.1) is 0 Å². The van der Waals surface area contributed by atoms with E-state index in [2.05, 4.69) is 15.6 Å². The number of fused-ring (bicyclic) bond motifs is 1. The maximum Gasteiger partial charge on any atom is 0.245 e. The number of halogens is 1. The highest BCUT2D eigenvalue weighted by atomic mass is 19.1. The van der Waals surface area contributed by atoms with Crippen molar-refractivity contribution in [1.29, 1.82) is 0 Å². The normalized spacial score (nSPS) is 10.8. The number of carbonyl (C=O) groups is 2.